The second kappa shape index (κ2) is 10.2. The van der Waals surface area contributed by atoms with Gasteiger partial charge in [-0.15, -0.1) is 13.2 Å². The van der Waals surface area contributed by atoms with Gasteiger partial charge in [-0.1, -0.05) is 30.3 Å². The van der Waals surface area contributed by atoms with Gasteiger partial charge in [-0.25, -0.2) is 0 Å². The fraction of sp³-hybridized carbons (Fsp3) is 0.250. The first-order chi connectivity index (χ1) is 18.2. The number of fused-ring (bicyclic) bond motifs is 1. The molecule has 0 bridgehead atoms. The van der Waals surface area contributed by atoms with E-state index < -0.39 is 6.36 Å². The van der Waals surface area contributed by atoms with Gasteiger partial charge in [-0.2, -0.15) is 0 Å². The number of rotatable bonds is 7. The molecular weight excluding hydrogens is 499 g/mol. The summed E-state index contributed by atoms with van der Waals surface area (Å²) in [5.41, 5.74) is 2.04. The van der Waals surface area contributed by atoms with Crippen LogP contribution in [0.3, 0.4) is 0 Å². The number of ether oxygens (including phenoxy) is 1. The Labute approximate surface area is 216 Å². The van der Waals surface area contributed by atoms with Gasteiger partial charge in [0.05, 0.1) is 6.42 Å². The molecule has 3 atom stereocenters. The Morgan fingerprint density at radius 3 is 2.21 bits per heavy atom. The fourth-order valence-corrected chi connectivity index (χ4v) is 4.85. The second-order valence-electron chi connectivity index (χ2n) is 9.40. The molecule has 0 spiro atoms. The van der Waals surface area contributed by atoms with Crippen LogP contribution in [0.4, 0.5) is 18.9 Å². The average Bonchev–Trinajstić information content (AvgIpc) is 3.30. The summed E-state index contributed by atoms with van der Waals surface area (Å²) in [6.07, 6.45) is -4.86. The number of halogens is 3. The lowest BCUT2D eigenvalue weighted by Crippen LogP contribution is -2.37. The van der Waals surface area contributed by atoms with Crippen LogP contribution >= 0.6 is 0 Å². The van der Waals surface area contributed by atoms with Crippen molar-refractivity contribution in [2.24, 2.45) is 11.8 Å². The Bertz CT molecular complexity index is 1330. The van der Waals surface area contributed by atoms with Crippen molar-refractivity contribution >= 4 is 23.4 Å². The van der Waals surface area contributed by atoms with Crippen molar-refractivity contribution in [1.29, 1.82) is 0 Å². The lowest BCUT2D eigenvalue weighted by molar-refractivity contribution is -0.274. The van der Waals surface area contributed by atoms with Crippen molar-refractivity contribution in [1.82, 2.24) is 10.2 Å². The number of amides is 3. The Morgan fingerprint density at radius 2 is 1.55 bits per heavy atom. The predicted molar refractivity (Wildman–Crippen MR) is 132 cm³/mol. The minimum absolute atomic E-state index is 0.0586. The van der Waals surface area contributed by atoms with Crippen LogP contribution in [-0.2, 0) is 11.2 Å². The zero-order valence-electron chi connectivity index (χ0n) is 20.1. The van der Waals surface area contributed by atoms with Crippen LogP contribution in [0.2, 0.25) is 0 Å². The summed E-state index contributed by atoms with van der Waals surface area (Å²) in [4.78, 5) is 39.4. The monoisotopic (exact) mass is 523 g/mol. The molecule has 1 saturated carbocycles. The van der Waals surface area contributed by atoms with Gasteiger partial charge in [0.2, 0.25) is 5.91 Å². The van der Waals surface area contributed by atoms with Gasteiger partial charge in [0, 0.05) is 47.8 Å². The number of carbonyl (C=O) groups is 3. The summed E-state index contributed by atoms with van der Waals surface area (Å²) in [6.45, 7) is 1.02. The summed E-state index contributed by atoms with van der Waals surface area (Å²) in [5, 5.41) is 5.73. The number of piperidine rings is 1. The van der Waals surface area contributed by atoms with Crippen molar-refractivity contribution in [2.45, 2.75) is 18.8 Å². The third kappa shape index (κ3) is 5.96. The Kier molecular flexibility index (Phi) is 6.79. The molecule has 3 aromatic carbocycles. The van der Waals surface area contributed by atoms with Crippen molar-refractivity contribution < 1.29 is 32.3 Å². The van der Waals surface area contributed by atoms with Gasteiger partial charge in [-0.05, 0) is 54.1 Å². The zero-order valence-corrected chi connectivity index (χ0v) is 20.1. The molecule has 7 nitrogen and oxygen atoms in total. The number of nitrogens with zero attached hydrogens (tertiary/aromatic N) is 1. The average molecular weight is 524 g/mol. The maximum atomic E-state index is 12.9. The molecule has 1 unspecified atom stereocenters. The first kappa shape index (κ1) is 25.3. The largest absolute Gasteiger partial charge is 0.573 e. The van der Waals surface area contributed by atoms with E-state index in [1.54, 1.807) is 59.5 Å². The molecule has 1 aliphatic carbocycles. The highest BCUT2D eigenvalue weighted by atomic mass is 19.4. The van der Waals surface area contributed by atoms with E-state index >= 15 is 0 Å². The lowest BCUT2D eigenvalue weighted by atomic mass is 10.1. The zero-order chi connectivity index (χ0) is 26.9. The number of likely N-dealkylation sites (tertiary alicyclic amines) is 1. The summed E-state index contributed by atoms with van der Waals surface area (Å²) in [7, 11) is 0. The maximum absolute atomic E-state index is 12.9. The first-order valence-electron chi connectivity index (χ1n) is 12.1. The van der Waals surface area contributed by atoms with Gasteiger partial charge in [0.25, 0.3) is 11.8 Å². The normalized spacial score (nSPS) is 19.9. The van der Waals surface area contributed by atoms with Crippen LogP contribution < -0.4 is 15.4 Å². The maximum Gasteiger partial charge on any atom is 0.573 e. The highest BCUT2D eigenvalue weighted by Crippen LogP contribution is 2.45. The molecule has 10 heteroatoms. The molecule has 2 N–H and O–H groups in total. The van der Waals surface area contributed by atoms with E-state index in [9.17, 15) is 27.6 Å². The number of benzene rings is 3. The fourth-order valence-electron chi connectivity index (χ4n) is 4.85. The molecule has 1 heterocycles. The Balaban J connectivity index is 1.09. The summed E-state index contributed by atoms with van der Waals surface area (Å²) in [6, 6.07) is 20.8. The number of carbonyl (C=O) groups excluding carboxylic acids is 3. The smallest absolute Gasteiger partial charge is 0.406 e. The van der Waals surface area contributed by atoms with Crippen molar-refractivity contribution in [3.8, 4) is 5.75 Å². The molecule has 2 aliphatic rings. The molecule has 38 heavy (non-hydrogen) atoms. The molecule has 1 aliphatic heterocycles. The third-order valence-electron chi connectivity index (χ3n) is 6.73. The first-order valence-corrected chi connectivity index (χ1v) is 12.1. The Hall–Kier alpha value is -4.34. The van der Waals surface area contributed by atoms with Gasteiger partial charge in [-0.3, -0.25) is 14.4 Å². The number of anilines is 1. The summed E-state index contributed by atoms with van der Waals surface area (Å²) < 4.78 is 41.2. The quantitative estimate of drug-likeness (QED) is 0.485. The van der Waals surface area contributed by atoms with E-state index in [1.165, 1.54) is 18.2 Å². The van der Waals surface area contributed by atoms with Crippen LogP contribution in [0.1, 0.15) is 26.3 Å². The van der Waals surface area contributed by atoms with E-state index in [-0.39, 0.29) is 47.8 Å². The highest BCUT2D eigenvalue weighted by Gasteiger charge is 2.57. The minimum Gasteiger partial charge on any atom is -0.406 e. The molecule has 5 rings (SSSR count). The molecule has 3 aromatic rings. The molecule has 0 aromatic heterocycles. The van der Waals surface area contributed by atoms with Crippen LogP contribution in [0, 0.1) is 11.8 Å². The standard InChI is InChI=1S/C28H24F3N3O4/c29-28(30,31)38-21-8-4-5-17(13-21)14-24(35)33-25-22-15-34(16-23(22)25)27(37)19-9-11-20(12-10-19)32-26(36)18-6-2-1-3-7-18/h1-13,22-23,25H,14-16H2,(H,32,36)(H,33,35)/t22-,23+,25?. The number of alkyl halides is 3. The van der Waals surface area contributed by atoms with Crippen LogP contribution in [0.5, 0.6) is 5.75 Å². The van der Waals surface area contributed by atoms with Gasteiger partial charge >= 0.3 is 6.36 Å². The molecule has 196 valence electrons. The number of hydrogen-bond acceptors (Lipinski definition) is 4. The van der Waals surface area contributed by atoms with Crippen LogP contribution in [0.25, 0.3) is 0 Å². The van der Waals surface area contributed by atoms with E-state index in [0.717, 1.165) is 0 Å². The molecule has 0 radical (unpaired) electrons. The van der Waals surface area contributed by atoms with Gasteiger partial charge < -0.3 is 20.3 Å². The highest BCUT2D eigenvalue weighted by molar-refractivity contribution is 6.04. The molecule has 3 amide bonds. The molecule has 2 fully saturated rings. The topological polar surface area (TPSA) is 87.7 Å². The van der Waals surface area contributed by atoms with Crippen molar-refractivity contribution in [3.05, 3.63) is 95.6 Å². The summed E-state index contributed by atoms with van der Waals surface area (Å²) >= 11 is 0. The van der Waals surface area contributed by atoms with E-state index in [4.69, 9.17) is 0 Å². The van der Waals surface area contributed by atoms with E-state index in [1.807, 2.05) is 6.07 Å². The van der Waals surface area contributed by atoms with Crippen molar-refractivity contribution in [3.63, 3.8) is 0 Å². The number of hydrogen-bond donors (Lipinski definition) is 2. The van der Waals surface area contributed by atoms with Gasteiger partial charge in [0.1, 0.15) is 5.75 Å². The SMILES string of the molecule is O=C(Cc1cccc(OC(F)(F)F)c1)NC1[C@H]2CN(C(=O)c3ccc(NC(=O)c4ccccc4)cc3)C[C@@H]12. The predicted octanol–water partition coefficient (Wildman–Crippen LogP) is 4.27. The van der Waals surface area contributed by atoms with Gasteiger partial charge in [0.15, 0.2) is 0 Å². The van der Waals surface area contributed by atoms with E-state index in [2.05, 4.69) is 15.4 Å². The Morgan fingerprint density at radius 1 is 0.868 bits per heavy atom. The molecular formula is C28H24F3N3O4. The second-order valence-corrected chi connectivity index (χ2v) is 9.40. The minimum atomic E-state index is -4.80. The van der Waals surface area contributed by atoms with E-state index in [0.29, 0.717) is 35.5 Å². The van der Waals surface area contributed by atoms with Crippen LogP contribution in [-0.4, -0.2) is 48.1 Å². The van der Waals surface area contributed by atoms with Crippen LogP contribution in [0.15, 0.2) is 78.9 Å². The summed E-state index contributed by atoms with van der Waals surface area (Å²) in [5.74, 6) is -0.727. The third-order valence-corrected chi connectivity index (χ3v) is 6.73. The lowest BCUT2D eigenvalue weighted by Gasteiger charge is -2.20. The molecule has 1 saturated heterocycles. The van der Waals surface area contributed by atoms with Crippen molar-refractivity contribution in [2.75, 3.05) is 18.4 Å². The number of nitrogens with one attached hydrogen (secondary N) is 2.